The van der Waals surface area contributed by atoms with Gasteiger partial charge in [0.25, 0.3) is 0 Å². The van der Waals surface area contributed by atoms with E-state index in [9.17, 15) is 0 Å². The van der Waals surface area contributed by atoms with Gasteiger partial charge in [0.2, 0.25) is 0 Å². The number of halogens is 1. The molecule has 1 unspecified atom stereocenters. The summed E-state index contributed by atoms with van der Waals surface area (Å²) in [4.78, 5) is 13.7. The molecule has 3 fully saturated rings. The van der Waals surface area contributed by atoms with E-state index in [2.05, 4.69) is 42.5 Å². The van der Waals surface area contributed by atoms with E-state index in [0.717, 1.165) is 64.4 Å². The third-order valence-corrected chi connectivity index (χ3v) is 7.31. The zero-order chi connectivity index (χ0) is 19.2. The smallest absolute Gasteiger partial charge is 0.193 e. The highest BCUT2D eigenvalue weighted by Crippen LogP contribution is 2.21. The summed E-state index contributed by atoms with van der Waals surface area (Å²) in [6.07, 6.45) is 3.80. The van der Waals surface area contributed by atoms with Crippen LogP contribution in [0.5, 0.6) is 0 Å². The molecule has 1 N–H and O–H groups in total. The van der Waals surface area contributed by atoms with Crippen LogP contribution in [-0.2, 0) is 11.3 Å². The van der Waals surface area contributed by atoms with Crippen molar-refractivity contribution >= 4 is 41.3 Å². The molecule has 0 saturated carbocycles. The molecule has 0 spiro atoms. The van der Waals surface area contributed by atoms with Gasteiger partial charge in [-0.15, -0.1) is 35.3 Å². The second kappa shape index (κ2) is 11.8. The summed E-state index contributed by atoms with van der Waals surface area (Å²) in [5.74, 6) is 1.85. The van der Waals surface area contributed by atoms with Crippen LogP contribution in [0, 0.1) is 5.92 Å². The molecule has 3 aliphatic heterocycles. The minimum Gasteiger partial charge on any atom is -0.379 e. The molecule has 4 rings (SSSR count). The molecule has 0 amide bonds. The molecular weight excluding hydrogens is 497 g/mol. The fraction of sp³-hybridized carbons (Fsp3) is 0.762. The number of hydrogen-bond acceptors (Lipinski definition) is 5. The van der Waals surface area contributed by atoms with Gasteiger partial charge < -0.3 is 15.0 Å². The number of nitrogens with zero attached hydrogens (tertiary/aromatic N) is 4. The Bertz CT molecular complexity index is 615. The molecule has 3 saturated heterocycles. The molecule has 29 heavy (non-hydrogen) atoms. The minimum atomic E-state index is 0. The van der Waals surface area contributed by atoms with Gasteiger partial charge in [-0.05, 0) is 49.7 Å². The van der Waals surface area contributed by atoms with E-state index >= 15 is 0 Å². The first-order chi connectivity index (χ1) is 13.8. The van der Waals surface area contributed by atoms with Gasteiger partial charge in [0.05, 0.1) is 13.2 Å². The first kappa shape index (κ1) is 23.2. The Morgan fingerprint density at radius 3 is 2.66 bits per heavy atom. The van der Waals surface area contributed by atoms with Gasteiger partial charge in [0.1, 0.15) is 0 Å². The largest absolute Gasteiger partial charge is 0.379 e. The van der Waals surface area contributed by atoms with Gasteiger partial charge in [-0.25, -0.2) is 0 Å². The standard InChI is InChI=1S/C21H35N5OS.HI/c1-22-21(26-9-6-19(16-26)25-10-12-27-13-11-25)23-15-18-4-7-24(8-5-18)17-20-3-2-14-28-20;/h2-3,14,18-19H,4-13,15-17H2,1H3,(H,22,23);1H. The minimum absolute atomic E-state index is 0. The van der Waals surface area contributed by atoms with E-state index in [1.165, 1.54) is 37.2 Å². The number of likely N-dealkylation sites (tertiary alicyclic amines) is 2. The van der Waals surface area contributed by atoms with Crippen molar-refractivity contribution in [1.29, 1.82) is 0 Å². The summed E-state index contributed by atoms with van der Waals surface area (Å²) in [6, 6.07) is 5.07. The van der Waals surface area contributed by atoms with Crippen molar-refractivity contribution < 1.29 is 4.74 Å². The summed E-state index contributed by atoms with van der Waals surface area (Å²) in [5, 5.41) is 5.86. The number of thiophene rings is 1. The molecule has 0 radical (unpaired) electrons. The number of aliphatic imine (C=N–C) groups is 1. The van der Waals surface area contributed by atoms with Crippen LogP contribution in [-0.4, -0.2) is 92.8 Å². The lowest BCUT2D eigenvalue weighted by molar-refractivity contribution is 0.0194. The van der Waals surface area contributed by atoms with Crippen LogP contribution in [0.4, 0.5) is 0 Å². The second-order valence-corrected chi connectivity index (χ2v) is 9.30. The van der Waals surface area contributed by atoms with Gasteiger partial charge >= 0.3 is 0 Å². The third kappa shape index (κ3) is 6.53. The van der Waals surface area contributed by atoms with Gasteiger partial charge in [0, 0.05) is 57.2 Å². The van der Waals surface area contributed by atoms with E-state index in [1.807, 2.05) is 18.4 Å². The molecular formula is C21H36IN5OS. The Kier molecular flexibility index (Phi) is 9.49. The molecule has 6 nitrogen and oxygen atoms in total. The lowest BCUT2D eigenvalue weighted by atomic mass is 9.97. The van der Waals surface area contributed by atoms with Crippen molar-refractivity contribution in [2.24, 2.45) is 10.9 Å². The van der Waals surface area contributed by atoms with Crippen LogP contribution in [0.15, 0.2) is 22.5 Å². The molecule has 0 aliphatic carbocycles. The highest BCUT2D eigenvalue weighted by molar-refractivity contribution is 14.0. The van der Waals surface area contributed by atoms with Crippen molar-refractivity contribution in [2.45, 2.75) is 31.8 Å². The highest BCUT2D eigenvalue weighted by Gasteiger charge is 2.30. The van der Waals surface area contributed by atoms with Crippen molar-refractivity contribution in [3.05, 3.63) is 22.4 Å². The predicted molar refractivity (Wildman–Crippen MR) is 131 cm³/mol. The molecule has 8 heteroatoms. The molecule has 1 atom stereocenters. The van der Waals surface area contributed by atoms with Crippen molar-refractivity contribution in [3.63, 3.8) is 0 Å². The summed E-state index contributed by atoms with van der Waals surface area (Å²) >= 11 is 1.87. The summed E-state index contributed by atoms with van der Waals surface area (Å²) in [7, 11) is 1.92. The van der Waals surface area contributed by atoms with E-state index in [0.29, 0.717) is 6.04 Å². The molecule has 164 valence electrons. The molecule has 3 aliphatic rings. The number of ether oxygens (including phenoxy) is 1. The lowest BCUT2D eigenvalue weighted by Crippen LogP contribution is -2.47. The van der Waals surface area contributed by atoms with Crippen molar-refractivity contribution in [3.8, 4) is 0 Å². The van der Waals surface area contributed by atoms with Gasteiger partial charge in [-0.2, -0.15) is 0 Å². The first-order valence-electron chi connectivity index (χ1n) is 10.8. The lowest BCUT2D eigenvalue weighted by Gasteiger charge is -2.33. The fourth-order valence-electron chi connectivity index (χ4n) is 4.71. The van der Waals surface area contributed by atoms with E-state index in [-0.39, 0.29) is 24.0 Å². The van der Waals surface area contributed by atoms with Crippen molar-refractivity contribution in [1.82, 2.24) is 20.0 Å². The topological polar surface area (TPSA) is 43.3 Å². The molecule has 1 aromatic rings. The molecule has 0 aromatic carbocycles. The number of nitrogens with one attached hydrogen (secondary N) is 1. The Labute approximate surface area is 196 Å². The molecule has 1 aromatic heterocycles. The number of morpholine rings is 1. The Morgan fingerprint density at radius 2 is 1.97 bits per heavy atom. The van der Waals surface area contributed by atoms with Crippen LogP contribution < -0.4 is 5.32 Å². The Morgan fingerprint density at radius 1 is 1.17 bits per heavy atom. The van der Waals surface area contributed by atoms with E-state index in [4.69, 9.17) is 4.74 Å². The summed E-state index contributed by atoms with van der Waals surface area (Å²) in [6.45, 7) is 10.7. The SMILES string of the molecule is CN=C(NCC1CCN(Cc2cccs2)CC1)N1CCC(N2CCOCC2)C1.I. The van der Waals surface area contributed by atoms with Gasteiger partial charge in [0.15, 0.2) is 5.96 Å². The van der Waals surface area contributed by atoms with Crippen LogP contribution in [0.3, 0.4) is 0 Å². The Balaban J connectivity index is 0.00000240. The highest BCUT2D eigenvalue weighted by atomic mass is 127. The number of rotatable bonds is 5. The zero-order valence-electron chi connectivity index (χ0n) is 17.6. The number of guanidine groups is 1. The molecule has 4 heterocycles. The number of hydrogen-bond donors (Lipinski definition) is 1. The van der Waals surface area contributed by atoms with Gasteiger partial charge in [-0.1, -0.05) is 6.07 Å². The Hall–Kier alpha value is -0.420. The van der Waals surface area contributed by atoms with Crippen LogP contribution in [0.25, 0.3) is 0 Å². The van der Waals surface area contributed by atoms with Crippen LogP contribution >= 0.6 is 35.3 Å². The monoisotopic (exact) mass is 533 g/mol. The van der Waals surface area contributed by atoms with Crippen molar-refractivity contribution in [2.75, 3.05) is 66.1 Å². The first-order valence-corrected chi connectivity index (χ1v) is 11.7. The van der Waals surface area contributed by atoms with Gasteiger partial charge in [-0.3, -0.25) is 14.8 Å². The average Bonchev–Trinajstić information content (AvgIpc) is 3.43. The summed E-state index contributed by atoms with van der Waals surface area (Å²) in [5.41, 5.74) is 0. The third-order valence-electron chi connectivity index (χ3n) is 6.45. The fourth-order valence-corrected chi connectivity index (χ4v) is 5.46. The normalized spacial score (nSPS) is 25.2. The predicted octanol–water partition coefficient (Wildman–Crippen LogP) is 2.56. The molecule has 0 bridgehead atoms. The zero-order valence-corrected chi connectivity index (χ0v) is 20.7. The average molecular weight is 534 g/mol. The number of piperidine rings is 1. The van der Waals surface area contributed by atoms with Crippen LogP contribution in [0.1, 0.15) is 24.1 Å². The maximum absolute atomic E-state index is 5.50. The second-order valence-electron chi connectivity index (χ2n) is 8.26. The summed E-state index contributed by atoms with van der Waals surface area (Å²) < 4.78 is 5.50. The quantitative estimate of drug-likeness (QED) is 0.358. The van der Waals surface area contributed by atoms with E-state index in [1.54, 1.807) is 0 Å². The maximum atomic E-state index is 5.50. The maximum Gasteiger partial charge on any atom is 0.193 e. The van der Waals surface area contributed by atoms with Crippen LogP contribution in [0.2, 0.25) is 0 Å². The van der Waals surface area contributed by atoms with E-state index < -0.39 is 0 Å².